The van der Waals surface area contributed by atoms with Crippen LogP contribution in [0.25, 0.3) is 0 Å². The lowest BCUT2D eigenvalue weighted by molar-refractivity contribution is -0.145. The summed E-state index contributed by atoms with van der Waals surface area (Å²) in [5.74, 6) is 0.382. The van der Waals surface area contributed by atoms with Gasteiger partial charge in [-0.25, -0.2) is 0 Å². The number of aliphatic hydroxyl groups is 1. The molecule has 3 N–H and O–H groups in total. The normalized spacial score (nSPS) is 26.1. The maximum Gasteiger partial charge on any atom is 0.242 e. The molecule has 0 unspecified atom stereocenters. The summed E-state index contributed by atoms with van der Waals surface area (Å²) in [5, 5.41) is 8.89. The average Bonchev–Trinajstić information content (AvgIpc) is 2.17. The first-order chi connectivity index (χ1) is 7.15. The minimum Gasteiger partial charge on any atom is -0.396 e. The number of carbonyl (C=O) groups is 1. The van der Waals surface area contributed by atoms with Crippen LogP contribution in [-0.2, 0) is 4.79 Å². The second kappa shape index (κ2) is 4.10. The number of amides is 1. The van der Waals surface area contributed by atoms with E-state index in [0.717, 1.165) is 25.7 Å². The maximum absolute atomic E-state index is 12.1. The molecule has 0 atom stereocenters. The number of hydrogen-bond acceptors (Lipinski definition) is 3. The molecule has 1 aliphatic carbocycles. The van der Waals surface area contributed by atoms with E-state index >= 15 is 0 Å². The zero-order chi connectivity index (χ0) is 10.9. The number of hydrogen-bond donors (Lipinski definition) is 2. The molecule has 2 rings (SSSR count). The highest BCUT2D eigenvalue weighted by molar-refractivity contribution is 5.86. The summed E-state index contributed by atoms with van der Waals surface area (Å²) in [5.41, 5.74) is 5.55. The van der Waals surface area contributed by atoms with Crippen molar-refractivity contribution in [2.45, 2.75) is 37.6 Å². The van der Waals surface area contributed by atoms with Gasteiger partial charge < -0.3 is 15.7 Å². The molecule has 1 aliphatic heterocycles. The molecule has 4 nitrogen and oxygen atoms in total. The van der Waals surface area contributed by atoms with E-state index in [2.05, 4.69) is 0 Å². The van der Waals surface area contributed by atoms with Gasteiger partial charge in [0, 0.05) is 25.6 Å². The van der Waals surface area contributed by atoms with E-state index in [1.807, 2.05) is 0 Å². The highest BCUT2D eigenvalue weighted by Gasteiger charge is 2.42. The Hall–Kier alpha value is -0.610. The standard InChI is InChI=1S/C11H20N2O2/c12-11(4-2-1-3-5-11)10(15)13-6-9(7-13)8-14/h9,14H,1-8,12H2. The Labute approximate surface area is 90.4 Å². The summed E-state index contributed by atoms with van der Waals surface area (Å²) < 4.78 is 0. The maximum atomic E-state index is 12.1. The van der Waals surface area contributed by atoms with E-state index in [1.165, 1.54) is 6.42 Å². The van der Waals surface area contributed by atoms with Gasteiger partial charge in [0.25, 0.3) is 0 Å². The first-order valence-electron chi connectivity index (χ1n) is 5.85. The van der Waals surface area contributed by atoms with E-state index in [4.69, 9.17) is 10.8 Å². The predicted octanol–water partition coefficient (Wildman–Crippen LogP) is 0.0987. The largest absolute Gasteiger partial charge is 0.396 e. The number of rotatable bonds is 2. The smallest absolute Gasteiger partial charge is 0.242 e. The molecule has 0 aromatic heterocycles. The van der Waals surface area contributed by atoms with Crippen molar-refractivity contribution >= 4 is 5.91 Å². The number of aliphatic hydroxyl groups excluding tert-OH is 1. The zero-order valence-electron chi connectivity index (χ0n) is 9.11. The molecule has 4 heteroatoms. The van der Waals surface area contributed by atoms with Crippen LogP contribution >= 0.6 is 0 Å². The third kappa shape index (κ3) is 2.01. The SMILES string of the molecule is NC1(C(=O)N2CC(CO)C2)CCCCC1. The minimum atomic E-state index is -0.599. The second-order valence-corrected chi connectivity index (χ2v) is 4.98. The molecule has 0 aromatic rings. The molecular weight excluding hydrogens is 192 g/mol. The minimum absolute atomic E-state index is 0.104. The van der Waals surface area contributed by atoms with Gasteiger partial charge in [-0.3, -0.25) is 4.79 Å². The van der Waals surface area contributed by atoms with Crippen molar-refractivity contribution in [2.24, 2.45) is 11.7 Å². The fourth-order valence-corrected chi connectivity index (χ4v) is 2.56. The third-order valence-corrected chi connectivity index (χ3v) is 3.67. The highest BCUT2D eigenvalue weighted by atomic mass is 16.3. The van der Waals surface area contributed by atoms with Gasteiger partial charge in [0.15, 0.2) is 0 Å². The van der Waals surface area contributed by atoms with E-state index < -0.39 is 5.54 Å². The fourth-order valence-electron chi connectivity index (χ4n) is 2.56. The van der Waals surface area contributed by atoms with Crippen LogP contribution in [0.15, 0.2) is 0 Å². The van der Waals surface area contributed by atoms with Crippen LogP contribution in [0.2, 0.25) is 0 Å². The summed E-state index contributed by atoms with van der Waals surface area (Å²) >= 11 is 0. The topological polar surface area (TPSA) is 66.6 Å². The van der Waals surface area contributed by atoms with Gasteiger partial charge in [-0.1, -0.05) is 19.3 Å². The quantitative estimate of drug-likeness (QED) is 0.682. The van der Waals surface area contributed by atoms with Crippen LogP contribution in [-0.4, -0.2) is 41.1 Å². The van der Waals surface area contributed by atoms with Crippen molar-refractivity contribution in [3.63, 3.8) is 0 Å². The zero-order valence-corrected chi connectivity index (χ0v) is 9.11. The monoisotopic (exact) mass is 212 g/mol. The van der Waals surface area contributed by atoms with Gasteiger partial charge in [0.2, 0.25) is 5.91 Å². The van der Waals surface area contributed by atoms with Gasteiger partial charge >= 0.3 is 0 Å². The highest BCUT2D eigenvalue weighted by Crippen LogP contribution is 2.30. The number of nitrogens with two attached hydrogens (primary N) is 1. The molecule has 0 aromatic carbocycles. The molecule has 1 amide bonds. The molecule has 0 bridgehead atoms. The predicted molar refractivity (Wildman–Crippen MR) is 57.2 cm³/mol. The lowest BCUT2D eigenvalue weighted by Gasteiger charge is -2.44. The van der Waals surface area contributed by atoms with Crippen molar-refractivity contribution < 1.29 is 9.90 Å². The molecule has 1 saturated heterocycles. The van der Waals surface area contributed by atoms with Crippen molar-refractivity contribution in [3.05, 3.63) is 0 Å². The van der Waals surface area contributed by atoms with Crippen LogP contribution in [0.5, 0.6) is 0 Å². The van der Waals surface area contributed by atoms with Crippen LogP contribution < -0.4 is 5.73 Å². The van der Waals surface area contributed by atoms with Gasteiger partial charge in [0.1, 0.15) is 0 Å². The summed E-state index contributed by atoms with van der Waals surface area (Å²) in [6, 6.07) is 0. The summed E-state index contributed by atoms with van der Waals surface area (Å²) in [6.07, 6.45) is 4.99. The fraction of sp³-hybridized carbons (Fsp3) is 0.909. The van der Waals surface area contributed by atoms with E-state index in [1.54, 1.807) is 4.90 Å². The lowest BCUT2D eigenvalue weighted by Crippen LogP contribution is -2.62. The molecule has 1 heterocycles. The van der Waals surface area contributed by atoms with Gasteiger partial charge in [0.05, 0.1) is 5.54 Å². The summed E-state index contributed by atoms with van der Waals surface area (Å²) in [6.45, 7) is 1.56. The van der Waals surface area contributed by atoms with Gasteiger partial charge in [-0.2, -0.15) is 0 Å². The molecule has 86 valence electrons. The summed E-state index contributed by atoms with van der Waals surface area (Å²) in [7, 11) is 0. The molecule has 2 fully saturated rings. The molecule has 2 aliphatic rings. The van der Waals surface area contributed by atoms with E-state index in [0.29, 0.717) is 13.1 Å². The van der Waals surface area contributed by atoms with Crippen molar-refractivity contribution in [2.75, 3.05) is 19.7 Å². The summed E-state index contributed by atoms with van der Waals surface area (Å²) in [4.78, 5) is 13.9. The van der Waals surface area contributed by atoms with E-state index in [-0.39, 0.29) is 18.4 Å². The molecular formula is C11H20N2O2. The number of carbonyl (C=O) groups excluding carboxylic acids is 1. The molecule has 1 saturated carbocycles. The number of nitrogens with zero attached hydrogens (tertiary/aromatic N) is 1. The van der Waals surface area contributed by atoms with Crippen LogP contribution in [0, 0.1) is 5.92 Å². The first kappa shape index (κ1) is 10.9. The Morgan fingerprint density at radius 2 is 1.93 bits per heavy atom. The molecule has 0 radical (unpaired) electrons. The van der Waals surface area contributed by atoms with Crippen molar-refractivity contribution in [1.29, 1.82) is 0 Å². The molecule has 15 heavy (non-hydrogen) atoms. The lowest BCUT2D eigenvalue weighted by atomic mass is 9.80. The average molecular weight is 212 g/mol. The van der Waals surface area contributed by atoms with Gasteiger partial charge in [-0.15, -0.1) is 0 Å². The Morgan fingerprint density at radius 1 is 1.33 bits per heavy atom. The third-order valence-electron chi connectivity index (χ3n) is 3.67. The van der Waals surface area contributed by atoms with Crippen LogP contribution in [0.1, 0.15) is 32.1 Å². The van der Waals surface area contributed by atoms with Crippen molar-refractivity contribution in [3.8, 4) is 0 Å². The Bertz CT molecular complexity index is 243. The van der Waals surface area contributed by atoms with Gasteiger partial charge in [-0.05, 0) is 12.8 Å². The Kier molecular flexibility index (Phi) is 2.98. The first-order valence-corrected chi connectivity index (χ1v) is 5.85. The molecule has 0 spiro atoms. The van der Waals surface area contributed by atoms with E-state index in [9.17, 15) is 4.79 Å². The second-order valence-electron chi connectivity index (χ2n) is 4.98. The Morgan fingerprint density at radius 3 is 2.47 bits per heavy atom. The van der Waals surface area contributed by atoms with Crippen LogP contribution in [0.3, 0.4) is 0 Å². The Balaban J connectivity index is 1.90. The van der Waals surface area contributed by atoms with Crippen LogP contribution in [0.4, 0.5) is 0 Å². The van der Waals surface area contributed by atoms with Crippen molar-refractivity contribution in [1.82, 2.24) is 4.90 Å². The number of likely N-dealkylation sites (tertiary alicyclic amines) is 1.